The van der Waals surface area contributed by atoms with E-state index in [9.17, 15) is 14.7 Å². The monoisotopic (exact) mass is 590 g/mol. The first kappa shape index (κ1) is 32.0. The molecule has 0 spiro atoms. The minimum Gasteiger partial charge on any atom is -0.493 e. The highest BCUT2D eigenvalue weighted by Crippen LogP contribution is 2.44. The Labute approximate surface area is 253 Å². The van der Waals surface area contributed by atoms with E-state index in [1.807, 2.05) is 38.1 Å². The quantitative estimate of drug-likeness (QED) is 0.208. The number of ether oxygens (including phenoxy) is 4. The first-order chi connectivity index (χ1) is 20.2. The molecule has 0 bridgehead atoms. The second kappa shape index (κ2) is 12.7. The molecule has 0 radical (unpaired) electrons. The summed E-state index contributed by atoms with van der Waals surface area (Å²) in [5.74, 6) is 0.725. The zero-order chi connectivity index (χ0) is 31.5. The topological polar surface area (TPSA) is 130 Å². The van der Waals surface area contributed by atoms with Crippen molar-refractivity contribution in [2.75, 3.05) is 20.3 Å². The van der Waals surface area contributed by atoms with Gasteiger partial charge in [0, 0.05) is 23.1 Å². The Balaban J connectivity index is 1.49. The third-order valence-corrected chi connectivity index (χ3v) is 7.57. The van der Waals surface area contributed by atoms with Gasteiger partial charge in [-0.25, -0.2) is 4.98 Å². The summed E-state index contributed by atoms with van der Waals surface area (Å²) >= 11 is 0. The Kier molecular flexibility index (Phi) is 9.47. The first-order valence-corrected chi connectivity index (χ1v) is 14.5. The van der Waals surface area contributed by atoms with Gasteiger partial charge in [-0.3, -0.25) is 9.59 Å². The van der Waals surface area contributed by atoms with E-state index in [2.05, 4.69) is 0 Å². The van der Waals surface area contributed by atoms with E-state index in [-0.39, 0.29) is 37.1 Å². The van der Waals surface area contributed by atoms with E-state index < -0.39 is 17.2 Å². The highest BCUT2D eigenvalue weighted by molar-refractivity contribution is 5.96. The number of fused-ring (bicyclic) bond motifs is 1. The van der Waals surface area contributed by atoms with Gasteiger partial charge < -0.3 is 29.8 Å². The van der Waals surface area contributed by atoms with E-state index in [4.69, 9.17) is 29.7 Å². The predicted molar refractivity (Wildman–Crippen MR) is 163 cm³/mol. The molecule has 0 saturated carbocycles. The lowest BCUT2D eigenvalue weighted by molar-refractivity contribution is -0.153. The molecule has 0 amide bonds. The zero-order valence-electron chi connectivity index (χ0n) is 26.0. The smallest absolute Gasteiger partial charge is 0.308 e. The second-order valence-corrected chi connectivity index (χ2v) is 12.1. The number of aliphatic hydroxyl groups is 1. The maximum atomic E-state index is 13.2. The van der Waals surface area contributed by atoms with Crippen LogP contribution in [0.1, 0.15) is 74.6 Å². The number of esters is 1. The molecule has 1 aromatic heterocycles. The standard InChI is InChI=1S/C34H42N2O7/c1-20(2)32(38)43-22(4)18-41-27-13-12-24(16-28(27)40-7)26(37)14-15-34(6,39)29-17-25-31(42-19-33(25,5)35)30(36-29)23-10-8-21(3)9-11-23/h8-13,16-17,20,22,39H,14-15,18-19,35H2,1-7H3. The van der Waals surface area contributed by atoms with Crippen LogP contribution in [0.2, 0.25) is 0 Å². The van der Waals surface area contributed by atoms with Gasteiger partial charge in [-0.05, 0) is 58.4 Å². The van der Waals surface area contributed by atoms with Crippen molar-refractivity contribution in [2.45, 2.75) is 71.6 Å². The Morgan fingerprint density at radius 2 is 1.81 bits per heavy atom. The number of hydrogen-bond acceptors (Lipinski definition) is 9. The summed E-state index contributed by atoms with van der Waals surface area (Å²) in [6.45, 7) is 11.3. The van der Waals surface area contributed by atoms with Crippen LogP contribution in [0.25, 0.3) is 11.3 Å². The molecule has 3 atom stereocenters. The van der Waals surface area contributed by atoms with Crippen molar-refractivity contribution in [1.82, 2.24) is 4.98 Å². The molecule has 0 aliphatic carbocycles. The largest absolute Gasteiger partial charge is 0.493 e. The molecule has 2 aromatic carbocycles. The molecule has 4 rings (SSSR count). The van der Waals surface area contributed by atoms with Gasteiger partial charge in [0.15, 0.2) is 23.0 Å². The van der Waals surface area contributed by atoms with Gasteiger partial charge in [-0.1, -0.05) is 43.7 Å². The van der Waals surface area contributed by atoms with Crippen molar-refractivity contribution in [3.8, 4) is 28.5 Å². The number of rotatable bonds is 12. The van der Waals surface area contributed by atoms with Crippen LogP contribution in [0, 0.1) is 12.8 Å². The number of pyridine rings is 1. The highest BCUT2D eigenvalue weighted by atomic mass is 16.6. The Morgan fingerprint density at radius 1 is 1.12 bits per heavy atom. The van der Waals surface area contributed by atoms with Crippen LogP contribution in [-0.4, -0.2) is 48.3 Å². The van der Waals surface area contributed by atoms with Crippen LogP contribution in [0.15, 0.2) is 48.5 Å². The molecule has 3 N–H and O–H groups in total. The van der Waals surface area contributed by atoms with Crippen LogP contribution in [0.4, 0.5) is 0 Å². The van der Waals surface area contributed by atoms with E-state index >= 15 is 0 Å². The number of aryl methyl sites for hydroxylation is 1. The van der Waals surface area contributed by atoms with Gasteiger partial charge in [-0.15, -0.1) is 0 Å². The molecule has 9 nitrogen and oxygen atoms in total. The number of nitrogens with zero attached hydrogens (tertiary/aromatic N) is 1. The maximum Gasteiger partial charge on any atom is 0.308 e. The second-order valence-electron chi connectivity index (χ2n) is 12.1. The van der Waals surface area contributed by atoms with Crippen LogP contribution in [-0.2, 0) is 20.7 Å². The number of nitrogens with two attached hydrogens (primary N) is 1. The van der Waals surface area contributed by atoms with E-state index in [0.717, 1.165) is 16.7 Å². The van der Waals surface area contributed by atoms with Crippen molar-refractivity contribution in [3.05, 3.63) is 70.9 Å². The van der Waals surface area contributed by atoms with Gasteiger partial charge in [0.25, 0.3) is 0 Å². The number of ketones is 1. The van der Waals surface area contributed by atoms with Gasteiger partial charge in [-0.2, -0.15) is 0 Å². The van der Waals surface area contributed by atoms with Crippen molar-refractivity contribution in [3.63, 3.8) is 0 Å². The number of benzene rings is 2. The summed E-state index contributed by atoms with van der Waals surface area (Å²) in [4.78, 5) is 29.9. The molecule has 3 unspecified atom stereocenters. The summed E-state index contributed by atoms with van der Waals surface area (Å²) in [6, 6.07) is 14.6. The molecule has 2 heterocycles. The summed E-state index contributed by atoms with van der Waals surface area (Å²) in [6.07, 6.45) is -0.258. The molecular weight excluding hydrogens is 548 g/mol. The number of Topliss-reactive ketones (excluding diaryl/α,β-unsaturated/α-hetero) is 1. The fourth-order valence-corrected chi connectivity index (χ4v) is 4.75. The first-order valence-electron chi connectivity index (χ1n) is 14.5. The highest BCUT2D eigenvalue weighted by Gasteiger charge is 2.38. The zero-order valence-corrected chi connectivity index (χ0v) is 26.0. The lowest BCUT2D eigenvalue weighted by Crippen LogP contribution is -2.35. The SMILES string of the molecule is COc1cc(C(=O)CCC(C)(O)c2cc3c(c(-c4ccc(C)cc4)n2)OCC3(C)N)ccc1OCC(C)OC(=O)C(C)C. The number of carbonyl (C=O) groups excluding carboxylic acids is 2. The number of methoxy groups -OCH3 is 1. The molecule has 43 heavy (non-hydrogen) atoms. The molecule has 9 heteroatoms. The Morgan fingerprint density at radius 3 is 2.47 bits per heavy atom. The average Bonchev–Trinajstić information content (AvgIpc) is 3.28. The van der Waals surface area contributed by atoms with Gasteiger partial charge >= 0.3 is 5.97 Å². The van der Waals surface area contributed by atoms with Crippen molar-refractivity contribution in [2.24, 2.45) is 11.7 Å². The van der Waals surface area contributed by atoms with Crippen LogP contribution in [0.5, 0.6) is 17.2 Å². The summed E-state index contributed by atoms with van der Waals surface area (Å²) < 4.78 is 22.6. The Hall–Kier alpha value is -3.95. The van der Waals surface area contributed by atoms with E-state index in [1.165, 1.54) is 7.11 Å². The predicted octanol–water partition coefficient (Wildman–Crippen LogP) is 5.47. The van der Waals surface area contributed by atoms with Crippen LogP contribution >= 0.6 is 0 Å². The molecule has 0 saturated heterocycles. The van der Waals surface area contributed by atoms with E-state index in [0.29, 0.717) is 40.8 Å². The summed E-state index contributed by atoms with van der Waals surface area (Å²) in [7, 11) is 1.49. The van der Waals surface area contributed by atoms with Gasteiger partial charge in [0.1, 0.15) is 30.6 Å². The third-order valence-electron chi connectivity index (χ3n) is 7.57. The lowest BCUT2D eigenvalue weighted by Gasteiger charge is -2.25. The van der Waals surface area contributed by atoms with Crippen molar-refractivity contribution >= 4 is 11.8 Å². The molecule has 1 aliphatic rings. The molecule has 230 valence electrons. The van der Waals surface area contributed by atoms with Gasteiger partial charge in [0.05, 0.1) is 24.3 Å². The average molecular weight is 591 g/mol. The molecule has 0 fully saturated rings. The fourth-order valence-electron chi connectivity index (χ4n) is 4.75. The maximum absolute atomic E-state index is 13.2. The molecule has 1 aliphatic heterocycles. The summed E-state index contributed by atoms with van der Waals surface area (Å²) in [5, 5.41) is 11.6. The summed E-state index contributed by atoms with van der Waals surface area (Å²) in [5.41, 5.74) is 8.59. The minimum atomic E-state index is -1.42. The normalized spacial score (nSPS) is 17.9. The molecule has 3 aromatic rings. The van der Waals surface area contributed by atoms with E-state index in [1.54, 1.807) is 52.0 Å². The van der Waals surface area contributed by atoms with Crippen LogP contribution in [0.3, 0.4) is 0 Å². The number of hydrogen-bond donors (Lipinski definition) is 2. The fraction of sp³-hybridized carbons (Fsp3) is 0.441. The third kappa shape index (κ3) is 7.35. The minimum absolute atomic E-state index is 0.0631. The van der Waals surface area contributed by atoms with Crippen LogP contribution < -0.4 is 19.9 Å². The Bertz CT molecular complexity index is 1480. The lowest BCUT2D eigenvalue weighted by atomic mass is 9.88. The van der Waals surface area contributed by atoms with Crippen molar-refractivity contribution in [1.29, 1.82) is 0 Å². The molecular formula is C34H42N2O7. The van der Waals surface area contributed by atoms with Crippen molar-refractivity contribution < 1.29 is 33.6 Å². The number of aromatic nitrogens is 1. The van der Waals surface area contributed by atoms with Gasteiger partial charge in [0.2, 0.25) is 0 Å². The number of carbonyl (C=O) groups is 2.